The second-order valence-corrected chi connectivity index (χ2v) is 3.28. The summed E-state index contributed by atoms with van der Waals surface area (Å²) in [7, 11) is 0. The number of anilines is 1. The molecule has 0 atom stereocenters. The molecule has 0 spiro atoms. The Morgan fingerprint density at radius 1 is 1.25 bits per heavy atom. The molecule has 0 aliphatic heterocycles. The predicted octanol–water partition coefficient (Wildman–Crippen LogP) is 2.34. The van der Waals surface area contributed by atoms with Crippen LogP contribution in [-0.4, -0.2) is 4.98 Å². The Labute approximate surface area is 92.0 Å². The molecule has 0 unspecified atom stereocenters. The Kier molecular flexibility index (Phi) is 2.52. The van der Waals surface area contributed by atoms with Crippen molar-refractivity contribution in [3.05, 3.63) is 48.0 Å². The van der Waals surface area contributed by atoms with Crippen molar-refractivity contribution in [3.63, 3.8) is 0 Å². The third-order valence-corrected chi connectivity index (χ3v) is 2.20. The van der Waals surface area contributed by atoms with Crippen molar-refractivity contribution in [3.8, 4) is 17.2 Å². The quantitative estimate of drug-likeness (QED) is 0.584. The SMILES string of the molecule is N#Cc1cc(N)ccc1-c1ccnc(F)c1. The smallest absolute Gasteiger partial charge is 0.213 e. The number of nitriles is 1. The van der Waals surface area contributed by atoms with Gasteiger partial charge in [-0.3, -0.25) is 0 Å². The minimum atomic E-state index is -0.571. The molecule has 2 aromatic rings. The van der Waals surface area contributed by atoms with E-state index in [9.17, 15) is 4.39 Å². The fraction of sp³-hybridized carbons (Fsp3) is 0. The average Bonchev–Trinajstić information content (AvgIpc) is 2.28. The zero-order chi connectivity index (χ0) is 11.5. The lowest BCUT2D eigenvalue weighted by atomic mass is 10.0. The van der Waals surface area contributed by atoms with E-state index < -0.39 is 5.95 Å². The molecular weight excluding hydrogens is 205 g/mol. The van der Waals surface area contributed by atoms with E-state index in [0.29, 0.717) is 22.4 Å². The van der Waals surface area contributed by atoms with Crippen molar-refractivity contribution in [2.24, 2.45) is 0 Å². The molecular formula is C12H8FN3. The van der Waals surface area contributed by atoms with E-state index >= 15 is 0 Å². The summed E-state index contributed by atoms with van der Waals surface area (Å²) in [5.74, 6) is -0.571. The van der Waals surface area contributed by atoms with Gasteiger partial charge in [0.2, 0.25) is 5.95 Å². The fourth-order valence-corrected chi connectivity index (χ4v) is 1.48. The molecule has 0 radical (unpaired) electrons. The van der Waals surface area contributed by atoms with Gasteiger partial charge in [0.1, 0.15) is 0 Å². The highest BCUT2D eigenvalue weighted by molar-refractivity contribution is 5.72. The molecule has 1 aromatic carbocycles. The van der Waals surface area contributed by atoms with Gasteiger partial charge in [-0.15, -0.1) is 0 Å². The van der Waals surface area contributed by atoms with E-state index in [0.717, 1.165) is 0 Å². The lowest BCUT2D eigenvalue weighted by molar-refractivity contribution is 0.584. The maximum absolute atomic E-state index is 12.9. The highest BCUT2D eigenvalue weighted by Gasteiger charge is 2.06. The third-order valence-electron chi connectivity index (χ3n) is 2.20. The van der Waals surface area contributed by atoms with Crippen LogP contribution in [0.25, 0.3) is 11.1 Å². The van der Waals surface area contributed by atoms with Crippen molar-refractivity contribution in [2.75, 3.05) is 5.73 Å². The highest BCUT2D eigenvalue weighted by Crippen LogP contribution is 2.24. The van der Waals surface area contributed by atoms with Crippen LogP contribution < -0.4 is 5.73 Å². The number of nitrogens with two attached hydrogens (primary N) is 1. The highest BCUT2D eigenvalue weighted by atomic mass is 19.1. The summed E-state index contributed by atoms with van der Waals surface area (Å²) in [5, 5.41) is 8.96. The first-order chi connectivity index (χ1) is 7.70. The molecule has 0 fully saturated rings. The van der Waals surface area contributed by atoms with Gasteiger partial charge in [-0.1, -0.05) is 6.07 Å². The monoisotopic (exact) mass is 213 g/mol. The minimum Gasteiger partial charge on any atom is -0.399 e. The topological polar surface area (TPSA) is 62.7 Å². The Hall–Kier alpha value is -2.41. The largest absolute Gasteiger partial charge is 0.399 e. The summed E-state index contributed by atoms with van der Waals surface area (Å²) in [6.45, 7) is 0. The Bertz CT molecular complexity index is 573. The first-order valence-corrected chi connectivity index (χ1v) is 4.62. The first-order valence-electron chi connectivity index (χ1n) is 4.62. The lowest BCUT2D eigenvalue weighted by Gasteiger charge is -2.04. The molecule has 1 aromatic heterocycles. The van der Waals surface area contributed by atoms with Gasteiger partial charge >= 0.3 is 0 Å². The van der Waals surface area contributed by atoms with Crippen LogP contribution >= 0.6 is 0 Å². The number of hydrogen-bond acceptors (Lipinski definition) is 3. The zero-order valence-corrected chi connectivity index (χ0v) is 8.31. The normalized spacial score (nSPS) is 9.75. The van der Waals surface area contributed by atoms with Crippen LogP contribution in [0, 0.1) is 17.3 Å². The number of benzene rings is 1. The van der Waals surface area contributed by atoms with Crippen molar-refractivity contribution < 1.29 is 4.39 Å². The van der Waals surface area contributed by atoms with Gasteiger partial charge in [-0.2, -0.15) is 9.65 Å². The fourth-order valence-electron chi connectivity index (χ4n) is 1.48. The van der Waals surface area contributed by atoms with E-state index in [4.69, 9.17) is 11.0 Å². The van der Waals surface area contributed by atoms with Crippen LogP contribution in [0.3, 0.4) is 0 Å². The second-order valence-electron chi connectivity index (χ2n) is 3.28. The standard InChI is InChI=1S/C12H8FN3/c13-12-6-8(3-4-16-12)11-2-1-10(15)5-9(11)7-14/h1-6H,15H2. The molecule has 0 aliphatic rings. The van der Waals surface area contributed by atoms with E-state index in [1.165, 1.54) is 12.3 Å². The number of rotatable bonds is 1. The van der Waals surface area contributed by atoms with Crippen molar-refractivity contribution >= 4 is 5.69 Å². The van der Waals surface area contributed by atoms with Crippen molar-refractivity contribution in [1.29, 1.82) is 5.26 Å². The Morgan fingerprint density at radius 2 is 2.06 bits per heavy atom. The van der Waals surface area contributed by atoms with Crippen molar-refractivity contribution in [1.82, 2.24) is 4.98 Å². The lowest BCUT2D eigenvalue weighted by Crippen LogP contribution is -1.90. The Morgan fingerprint density at radius 3 is 2.75 bits per heavy atom. The number of nitrogens with zero attached hydrogens (tertiary/aromatic N) is 2. The number of nitrogen functional groups attached to an aromatic ring is 1. The molecule has 0 amide bonds. The molecule has 78 valence electrons. The van der Waals surface area contributed by atoms with Crippen LogP contribution in [0.1, 0.15) is 5.56 Å². The molecule has 4 heteroatoms. The number of pyridine rings is 1. The van der Waals surface area contributed by atoms with Gasteiger partial charge in [-0.05, 0) is 29.3 Å². The molecule has 0 saturated heterocycles. The van der Waals surface area contributed by atoms with Crippen LogP contribution in [0.15, 0.2) is 36.5 Å². The Balaban J connectivity index is 2.61. The summed E-state index contributed by atoms with van der Waals surface area (Å²) < 4.78 is 12.9. The van der Waals surface area contributed by atoms with Crippen LogP contribution in [0.5, 0.6) is 0 Å². The maximum atomic E-state index is 12.9. The summed E-state index contributed by atoms with van der Waals surface area (Å²) in [5.41, 5.74) is 7.77. The average molecular weight is 213 g/mol. The van der Waals surface area contributed by atoms with Crippen LogP contribution in [0.2, 0.25) is 0 Å². The first kappa shape index (κ1) is 10.1. The van der Waals surface area contributed by atoms with Crippen molar-refractivity contribution in [2.45, 2.75) is 0 Å². The van der Waals surface area contributed by atoms with Gasteiger partial charge in [0, 0.05) is 18.0 Å². The molecule has 0 saturated carbocycles. The van der Waals surface area contributed by atoms with Gasteiger partial charge in [0.15, 0.2) is 0 Å². The maximum Gasteiger partial charge on any atom is 0.213 e. The summed E-state index contributed by atoms with van der Waals surface area (Å²) in [6, 6.07) is 9.90. The molecule has 3 nitrogen and oxygen atoms in total. The summed E-state index contributed by atoms with van der Waals surface area (Å²) in [6.07, 6.45) is 1.36. The molecule has 2 rings (SSSR count). The summed E-state index contributed by atoms with van der Waals surface area (Å²) in [4.78, 5) is 3.46. The number of hydrogen-bond donors (Lipinski definition) is 1. The molecule has 1 heterocycles. The van der Waals surface area contributed by atoms with E-state index in [1.807, 2.05) is 6.07 Å². The van der Waals surface area contributed by atoms with Crippen LogP contribution in [0.4, 0.5) is 10.1 Å². The number of aromatic nitrogens is 1. The molecule has 2 N–H and O–H groups in total. The van der Waals surface area contributed by atoms with E-state index in [2.05, 4.69) is 4.98 Å². The van der Waals surface area contributed by atoms with E-state index in [1.54, 1.807) is 24.3 Å². The molecule has 16 heavy (non-hydrogen) atoms. The number of halogens is 1. The molecule has 0 bridgehead atoms. The molecule has 0 aliphatic carbocycles. The minimum absolute atomic E-state index is 0.422. The van der Waals surface area contributed by atoms with Gasteiger partial charge in [0.05, 0.1) is 11.6 Å². The summed E-state index contributed by atoms with van der Waals surface area (Å²) >= 11 is 0. The predicted molar refractivity (Wildman–Crippen MR) is 58.8 cm³/mol. The third kappa shape index (κ3) is 1.84. The second kappa shape index (κ2) is 3.99. The van der Waals surface area contributed by atoms with E-state index in [-0.39, 0.29) is 0 Å². The van der Waals surface area contributed by atoms with Gasteiger partial charge in [-0.25, -0.2) is 4.98 Å². The van der Waals surface area contributed by atoms with Crippen LogP contribution in [-0.2, 0) is 0 Å². The zero-order valence-electron chi connectivity index (χ0n) is 8.31. The van der Waals surface area contributed by atoms with Gasteiger partial charge in [0.25, 0.3) is 0 Å². The van der Waals surface area contributed by atoms with Gasteiger partial charge < -0.3 is 5.73 Å².